The molecule has 0 saturated heterocycles. The maximum absolute atomic E-state index is 10.3. The maximum atomic E-state index is 10.3. The van der Waals surface area contributed by atoms with E-state index in [4.69, 9.17) is 4.74 Å². The molecule has 4 nitrogen and oxygen atoms in total. The molecule has 27 heavy (non-hydrogen) atoms. The lowest BCUT2D eigenvalue weighted by atomic mass is 10.0. The van der Waals surface area contributed by atoms with Crippen LogP contribution in [0.3, 0.4) is 0 Å². The third kappa shape index (κ3) is 7.77. The fourth-order valence-corrected chi connectivity index (χ4v) is 3.32. The predicted molar refractivity (Wildman–Crippen MR) is 113 cm³/mol. The van der Waals surface area contributed by atoms with Crippen molar-refractivity contribution >= 4 is 6.08 Å². The first-order chi connectivity index (χ1) is 13.1. The normalized spacial score (nSPS) is 16.0. The lowest BCUT2D eigenvalue weighted by molar-refractivity contribution is 0.00675. The fraction of sp³-hybridized carbons (Fsp3) is 0.565. The summed E-state index contributed by atoms with van der Waals surface area (Å²) in [5.74, 6) is 0.617. The Balaban J connectivity index is 1.65. The van der Waals surface area contributed by atoms with Crippen molar-refractivity contribution in [1.29, 1.82) is 0 Å². The molecular weight excluding hydrogens is 336 g/mol. The number of aliphatic hydroxyl groups excluding tert-OH is 1. The Morgan fingerprint density at radius 3 is 2.56 bits per heavy atom. The molecule has 0 saturated carbocycles. The largest absolute Gasteiger partial charge is 0.389 e. The highest BCUT2D eigenvalue weighted by atomic mass is 16.5. The van der Waals surface area contributed by atoms with Crippen LogP contribution in [0.5, 0.6) is 0 Å². The quantitative estimate of drug-likeness (QED) is 0.554. The molecule has 0 aromatic heterocycles. The standard InChI is InChI=1S/C23H36N2O2/c1-4-7-8-21(6-3)17-27-18-23(26)16-25-14-13-24(19-25)15-22-11-9-20(5-2)10-12-22/h5,9-14,21,23,26H,2,4,6-8,15-19H2,1,3H3. The first-order valence-electron chi connectivity index (χ1n) is 10.3. The van der Waals surface area contributed by atoms with Crippen LogP contribution in [-0.2, 0) is 11.3 Å². The maximum Gasteiger partial charge on any atom is 0.0948 e. The minimum atomic E-state index is -0.454. The highest BCUT2D eigenvalue weighted by Crippen LogP contribution is 2.15. The van der Waals surface area contributed by atoms with E-state index in [1.807, 2.05) is 6.08 Å². The average molecular weight is 373 g/mol. The second-order valence-electron chi connectivity index (χ2n) is 7.51. The number of β-amino-alcohol motifs (C(OH)–C–C–N with tert-alkyl or cyclic N) is 1. The van der Waals surface area contributed by atoms with Crippen LogP contribution in [0.1, 0.15) is 50.7 Å². The molecule has 0 fully saturated rings. The summed E-state index contributed by atoms with van der Waals surface area (Å²) in [4.78, 5) is 4.38. The van der Waals surface area contributed by atoms with Gasteiger partial charge in [-0.3, -0.25) is 0 Å². The van der Waals surface area contributed by atoms with Gasteiger partial charge in [0.25, 0.3) is 0 Å². The number of ether oxygens (including phenoxy) is 1. The average Bonchev–Trinajstić information content (AvgIpc) is 3.11. The summed E-state index contributed by atoms with van der Waals surface area (Å²) in [6.07, 6.45) is 10.4. The van der Waals surface area contributed by atoms with Gasteiger partial charge in [0.15, 0.2) is 0 Å². The highest BCUT2D eigenvalue weighted by Gasteiger charge is 2.16. The van der Waals surface area contributed by atoms with Crippen LogP contribution < -0.4 is 0 Å². The molecule has 0 radical (unpaired) electrons. The van der Waals surface area contributed by atoms with Gasteiger partial charge in [-0.05, 0) is 23.5 Å². The Kier molecular flexibility index (Phi) is 9.43. The first kappa shape index (κ1) is 21.5. The summed E-state index contributed by atoms with van der Waals surface area (Å²) in [6.45, 7) is 11.7. The number of rotatable bonds is 13. The van der Waals surface area contributed by atoms with Crippen LogP contribution in [-0.4, -0.2) is 47.4 Å². The van der Waals surface area contributed by atoms with Crippen molar-refractivity contribution in [1.82, 2.24) is 9.80 Å². The van der Waals surface area contributed by atoms with E-state index in [1.54, 1.807) is 0 Å². The summed E-state index contributed by atoms with van der Waals surface area (Å²) >= 11 is 0. The fourth-order valence-electron chi connectivity index (χ4n) is 3.32. The Hall–Kier alpha value is -1.78. The van der Waals surface area contributed by atoms with Gasteiger partial charge in [-0.15, -0.1) is 0 Å². The molecule has 1 N–H and O–H groups in total. The molecule has 2 rings (SSSR count). The van der Waals surface area contributed by atoms with Crippen LogP contribution in [0, 0.1) is 5.92 Å². The molecule has 1 aromatic rings. The summed E-state index contributed by atoms with van der Waals surface area (Å²) in [7, 11) is 0. The number of benzene rings is 1. The number of aliphatic hydroxyl groups is 1. The molecular formula is C23H36N2O2. The summed E-state index contributed by atoms with van der Waals surface area (Å²) < 4.78 is 5.78. The van der Waals surface area contributed by atoms with E-state index in [9.17, 15) is 5.11 Å². The van der Waals surface area contributed by atoms with Crippen molar-refractivity contribution in [2.45, 2.75) is 52.2 Å². The van der Waals surface area contributed by atoms with Gasteiger partial charge in [0, 0.05) is 32.1 Å². The molecule has 1 aromatic carbocycles. The molecule has 0 spiro atoms. The van der Waals surface area contributed by atoms with Crippen molar-refractivity contribution in [2.75, 3.05) is 26.4 Å². The third-order valence-electron chi connectivity index (χ3n) is 5.11. The topological polar surface area (TPSA) is 35.9 Å². The van der Waals surface area contributed by atoms with Gasteiger partial charge in [-0.1, -0.05) is 70.0 Å². The minimum absolute atomic E-state index is 0.413. The van der Waals surface area contributed by atoms with E-state index >= 15 is 0 Å². The molecule has 4 heteroatoms. The second-order valence-corrected chi connectivity index (χ2v) is 7.51. The Morgan fingerprint density at radius 1 is 1.15 bits per heavy atom. The molecule has 0 amide bonds. The molecule has 2 atom stereocenters. The van der Waals surface area contributed by atoms with Crippen LogP contribution >= 0.6 is 0 Å². The zero-order valence-corrected chi connectivity index (χ0v) is 17.0. The third-order valence-corrected chi connectivity index (χ3v) is 5.11. The van der Waals surface area contributed by atoms with Crippen LogP contribution in [0.2, 0.25) is 0 Å². The number of unbranched alkanes of at least 4 members (excludes halogenated alkanes) is 1. The lowest BCUT2D eigenvalue weighted by Gasteiger charge is -2.24. The summed E-state index contributed by atoms with van der Waals surface area (Å²) in [5.41, 5.74) is 2.41. The lowest BCUT2D eigenvalue weighted by Crippen LogP contribution is -2.34. The van der Waals surface area contributed by atoms with Gasteiger partial charge in [0.05, 0.1) is 19.4 Å². The molecule has 0 bridgehead atoms. The zero-order chi connectivity index (χ0) is 19.5. The van der Waals surface area contributed by atoms with Crippen molar-refractivity contribution < 1.29 is 9.84 Å². The summed E-state index contributed by atoms with van der Waals surface area (Å²) in [6, 6.07) is 8.45. The molecule has 1 heterocycles. The molecule has 2 unspecified atom stereocenters. The number of nitrogens with zero attached hydrogens (tertiary/aromatic N) is 2. The van der Waals surface area contributed by atoms with Crippen molar-refractivity contribution in [3.8, 4) is 0 Å². The molecule has 0 aliphatic carbocycles. The highest BCUT2D eigenvalue weighted by molar-refractivity contribution is 5.47. The zero-order valence-electron chi connectivity index (χ0n) is 17.0. The first-order valence-corrected chi connectivity index (χ1v) is 10.3. The molecule has 1 aliphatic rings. The van der Waals surface area contributed by atoms with Crippen LogP contribution in [0.4, 0.5) is 0 Å². The van der Waals surface area contributed by atoms with Crippen LogP contribution in [0.25, 0.3) is 6.08 Å². The Labute approximate surface area is 165 Å². The van der Waals surface area contributed by atoms with Gasteiger partial charge >= 0.3 is 0 Å². The van der Waals surface area contributed by atoms with Crippen molar-refractivity contribution in [3.63, 3.8) is 0 Å². The van der Waals surface area contributed by atoms with Crippen molar-refractivity contribution in [3.05, 3.63) is 54.4 Å². The molecule has 150 valence electrons. The van der Waals surface area contributed by atoms with E-state index in [0.717, 1.165) is 31.8 Å². The Morgan fingerprint density at radius 2 is 1.89 bits per heavy atom. The predicted octanol–water partition coefficient (Wildman–Crippen LogP) is 4.47. The smallest absolute Gasteiger partial charge is 0.0948 e. The molecule has 1 aliphatic heterocycles. The van der Waals surface area contributed by atoms with Gasteiger partial charge < -0.3 is 19.6 Å². The van der Waals surface area contributed by atoms with E-state index in [2.05, 4.69) is 66.9 Å². The van der Waals surface area contributed by atoms with E-state index < -0.39 is 6.10 Å². The van der Waals surface area contributed by atoms with Gasteiger partial charge in [0.2, 0.25) is 0 Å². The second kappa shape index (κ2) is 11.8. The number of hydrogen-bond acceptors (Lipinski definition) is 4. The summed E-state index contributed by atoms with van der Waals surface area (Å²) in [5, 5.41) is 10.3. The van der Waals surface area contributed by atoms with E-state index in [0.29, 0.717) is 19.1 Å². The van der Waals surface area contributed by atoms with Gasteiger partial charge in [0.1, 0.15) is 0 Å². The monoisotopic (exact) mass is 372 g/mol. The number of hydrogen-bond donors (Lipinski definition) is 1. The Bertz CT molecular complexity index is 570. The van der Waals surface area contributed by atoms with Crippen LogP contribution in [0.15, 0.2) is 43.2 Å². The van der Waals surface area contributed by atoms with Gasteiger partial charge in [-0.2, -0.15) is 0 Å². The SMILES string of the molecule is C=Cc1ccc(CN2C=CN(CC(O)COCC(CC)CCCC)C2)cc1. The van der Waals surface area contributed by atoms with E-state index in [1.165, 1.54) is 24.8 Å². The minimum Gasteiger partial charge on any atom is -0.389 e. The van der Waals surface area contributed by atoms with E-state index in [-0.39, 0.29) is 0 Å². The van der Waals surface area contributed by atoms with Gasteiger partial charge in [-0.25, -0.2) is 0 Å². The van der Waals surface area contributed by atoms with Crippen molar-refractivity contribution in [2.24, 2.45) is 5.92 Å².